The molecule has 0 N–H and O–H groups in total. The van der Waals surface area contributed by atoms with Gasteiger partial charge in [0.25, 0.3) is 0 Å². The first kappa shape index (κ1) is 20.2. The number of hydrogen-bond acceptors (Lipinski definition) is 6. The molecule has 0 atom stereocenters. The van der Waals surface area contributed by atoms with E-state index in [4.69, 9.17) is 4.98 Å². The van der Waals surface area contributed by atoms with E-state index in [0.29, 0.717) is 18.3 Å². The van der Waals surface area contributed by atoms with Gasteiger partial charge in [-0.1, -0.05) is 13.8 Å². The molecule has 29 heavy (non-hydrogen) atoms. The predicted molar refractivity (Wildman–Crippen MR) is 112 cm³/mol. The highest BCUT2D eigenvalue weighted by molar-refractivity contribution is 7.17. The Hall–Kier alpha value is -2.13. The fraction of sp³-hybridized carbons (Fsp3) is 0.550. The van der Waals surface area contributed by atoms with E-state index in [1.807, 2.05) is 6.92 Å². The van der Waals surface area contributed by atoms with Crippen LogP contribution in [-0.4, -0.2) is 50.6 Å². The number of hydrogen-bond donors (Lipinski definition) is 0. The van der Waals surface area contributed by atoms with Gasteiger partial charge in [0.2, 0.25) is 0 Å². The second kappa shape index (κ2) is 8.31. The van der Waals surface area contributed by atoms with Gasteiger partial charge in [-0.3, -0.25) is 9.47 Å². The molecule has 4 heterocycles. The van der Waals surface area contributed by atoms with Gasteiger partial charge in [-0.15, -0.1) is 11.3 Å². The Labute approximate surface area is 173 Å². The van der Waals surface area contributed by atoms with Crippen LogP contribution in [0.25, 0.3) is 10.2 Å². The normalized spacial score (nSPS) is 15.9. The monoisotopic (exact) mass is 420 g/mol. The maximum atomic E-state index is 13.1. The number of halogens is 2. The van der Waals surface area contributed by atoms with Crippen LogP contribution in [0.3, 0.4) is 0 Å². The molecule has 0 aromatic carbocycles. The minimum Gasteiger partial charge on any atom is -0.353 e. The first-order valence-corrected chi connectivity index (χ1v) is 10.8. The molecule has 4 rings (SSSR count). The van der Waals surface area contributed by atoms with Crippen molar-refractivity contribution in [2.45, 2.75) is 40.3 Å². The van der Waals surface area contributed by atoms with Crippen molar-refractivity contribution in [2.24, 2.45) is 5.92 Å². The average Bonchev–Trinajstić information content (AvgIpc) is 3.28. The molecule has 156 valence electrons. The summed E-state index contributed by atoms with van der Waals surface area (Å²) < 4.78 is 27.1. The number of thiophene rings is 1. The standard InChI is InChI=1S/C20H26F2N6S/c1-13(2)10-15-12-29-19-17(15)18(24-14(3)25-19)27-8-6-26(7-9-27)11-16-23-4-5-28(16)20(21)22/h4-5,12-13,20H,6-11H2,1-3H3. The van der Waals surface area contributed by atoms with Gasteiger partial charge in [0.15, 0.2) is 0 Å². The summed E-state index contributed by atoms with van der Waals surface area (Å²) in [5.41, 5.74) is 1.32. The van der Waals surface area contributed by atoms with Crippen molar-refractivity contribution in [1.82, 2.24) is 24.4 Å². The van der Waals surface area contributed by atoms with Gasteiger partial charge in [-0.2, -0.15) is 8.78 Å². The Morgan fingerprint density at radius 2 is 1.90 bits per heavy atom. The van der Waals surface area contributed by atoms with E-state index in [-0.39, 0.29) is 0 Å². The summed E-state index contributed by atoms with van der Waals surface area (Å²) in [7, 11) is 0. The quantitative estimate of drug-likeness (QED) is 0.601. The molecule has 3 aromatic heterocycles. The number of rotatable bonds is 6. The molecule has 0 radical (unpaired) electrons. The molecule has 0 amide bonds. The maximum absolute atomic E-state index is 13.1. The number of alkyl halides is 2. The van der Waals surface area contributed by atoms with Crippen LogP contribution in [0.2, 0.25) is 0 Å². The van der Waals surface area contributed by atoms with Gasteiger partial charge in [0.1, 0.15) is 22.3 Å². The smallest absolute Gasteiger partial charge is 0.319 e. The Balaban J connectivity index is 1.51. The molecule has 1 fully saturated rings. The molecular weight excluding hydrogens is 394 g/mol. The van der Waals surface area contributed by atoms with Gasteiger partial charge in [-0.05, 0) is 30.2 Å². The van der Waals surface area contributed by atoms with Crippen molar-refractivity contribution in [3.63, 3.8) is 0 Å². The van der Waals surface area contributed by atoms with Crippen molar-refractivity contribution in [3.8, 4) is 0 Å². The average molecular weight is 421 g/mol. The molecule has 6 nitrogen and oxygen atoms in total. The fourth-order valence-corrected chi connectivity index (χ4v) is 4.86. The minimum absolute atomic E-state index is 0.408. The molecule has 1 aliphatic rings. The highest BCUT2D eigenvalue weighted by Gasteiger charge is 2.24. The summed E-state index contributed by atoms with van der Waals surface area (Å²) >= 11 is 1.69. The number of piperazine rings is 1. The molecule has 0 aliphatic carbocycles. The molecule has 0 saturated carbocycles. The van der Waals surface area contributed by atoms with E-state index in [9.17, 15) is 8.78 Å². The zero-order valence-corrected chi connectivity index (χ0v) is 17.8. The lowest BCUT2D eigenvalue weighted by Crippen LogP contribution is -2.46. The molecule has 0 spiro atoms. The van der Waals surface area contributed by atoms with Crippen molar-refractivity contribution >= 4 is 27.4 Å². The van der Waals surface area contributed by atoms with E-state index >= 15 is 0 Å². The number of fused-ring (bicyclic) bond motifs is 1. The molecule has 9 heteroatoms. The van der Waals surface area contributed by atoms with Crippen LogP contribution < -0.4 is 4.90 Å². The number of imidazole rings is 1. The second-order valence-corrected chi connectivity index (χ2v) is 8.78. The Kier molecular flexibility index (Phi) is 5.78. The van der Waals surface area contributed by atoms with Gasteiger partial charge in [0.05, 0.1) is 11.9 Å². The second-order valence-electron chi connectivity index (χ2n) is 7.93. The van der Waals surface area contributed by atoms with E-state index in [1.165, 1.54) is 23.3 Å². The minimum atomic E-state index is -2.55. The lowest BCUT2D eigenvalue weighted by molar-refractivity contribution is 0.0637. The van der Waals surface area contributed by atoms with Gasteiger partial charge >= 0.3 is 6.55 Å². The largest absolute Gasteiger partial charge is 0.353 e. The Morgan fingerprint density at radius 3 is 2.59 bits per heavy atom. The third-order valence-electron chi connectivity index (χ3n) is 5.23. The van der Waals surface area contributed by atoms with Crippen molar-refractivity contribution < 1.29 is 8.78 Å². The number of nitrogens with zero attached hydrogens (tertiary/aromatic N) is 6. The molecule has 1 aliphatic heterocycles. The van der Waals surface area contributed by atoms with Crippen molar-refractivity contribution in [1.29, 1.82) is 0 Å². The first-order chi connectivity index (χ1) is 13.9. The summed E-state index contributed by atoms with van der Waals surface area (Å²) in [4.78, 5) is 19.1. The summed E-state index contributed by atoms with van der Waals surface area (Å²) in [6, 6.07) is 0. The Morgan fingerprint density at radius 1 is 1.14 bits per heavy atom. The summed E-state index contributed by atoms with van der Waals surface area (Å²) in [6.45, 7) is 7.43. The van der Waals surface area contributed by atoms with E-state index in [0.717, 1.165) is 53.6 Å². The number of aromatic nitrogens is 4. The molecule has 0 bridgehead atoms. The van der Waals surface area contributed by atoms with Crippen molar-refractivity contribution in [3.05, 3.63) is 35.0 Å². The zero-order valence-electron chi connectivity index (χ0n) is 17.0. The van der Waals surface area contributed by atoms with Gasteiger partial charge in [-0.25, -0.2) is 15.0 Å². The first-order valence-electron chi connectivity index (χ1n) is 9.94. The van der Waals surface area contributed by atoms with Gasteiger partial charge in [0, 0.05) is 38.6 Å². The van der Waals surface area contributed by atoms with Crippen LogP contribution in [0.5, 0.6) is 0 Å². The molecular formula is C20H26F2N6S. The van der Waals surface area contributed by atoms with Crippen LogP contribution in [0.4, 0.5) is 14.6 Å². The fourth-order valence-electron chi connectivity index (χ4n) is 3.87. The number of anilines is 1. The lowest BCUT2D eigenvalue weighted by atomic mass is 10.0. The summed E-state index contributed by atoms with van der Waals surface area (Å²) in [5.74, 6) is 2.77. The van der Waals surface area contributed by atoms with E-state index < -0.39 is 6.55 Å². The highest BCUT2D eigenvalue weighted by Crippen LogP contribution is 2.34. The van der Waals surface area contributed by atoms with E-state index in [2.05, 4.69) is 39.0 Å². The molecule has 3 aromatic rings. The topological polar surface area (TPSA) is 50.1 Å². The number of aryl methyl sites for hydroxylation is 1. The molecule has 0 unspecified atom stereocenters. The maximum Gasteiger partial charge on any atom is 0.319 e. The van der Waals surface area contributed by atoms with Gasteiger partial charge < -0.3 is 4.90 Å². The summed E-state index contributed by atoms with van der Waals surface area (Å²) in [6.07, 6.45) is 3.78. The van der Waals surface area contributed by atoms with Crippen molar-refractivity contribution in [2.75, 3.05) is 31.1 Å². The SMILES string of the molecule is Cc1nc(N2CCN(Cc3nccn3C(F)F)CC2)c2c(CC(C)C)csc2n1. The highest BCUT2D eigenvalue weighted by atomic mass is 32.1. The third-order valence-corrected chi connectivity index (χ3v) is 6.15. The Bertz CT molecular complexity index is 975. The lowest BCUT2D eigenvalue weighted by Gasteiger charge is -2.35. The van der Waals surface area contributed by atoms with E-state index in [1.54, 1.807) is 11.3 Å². The zero-order chi connectivity index (χ0) is 20.5. The third kappa shape index (κ3) is 4.25. The predicted octanol–water partition coefficient (Wildman–Crippen LogP) is 4.11. The van der Waals surface area contributed by atoms with Crippen LogP contribution in [0, 0.1) is 12.8 Å². The molecule has 1 saturated heterocycles. The van der Waals surface area contributed by atoms with Crippen LogP contribution in [0.15, 0.2) is 17.8 Å². The van der Waals surface area contributed by atoms with Crippen LogP contribution in [-0.2, 0) is 13.0 Å². The van der Waals surface area contributed by atoms with Crippen LogP contribution in [0.1, 0.15) is 37.6 Å². The van der Waals surface area contributed by atoms with Crippen LogP contribution >= 0.6 is 11.3 Å². The summed E-state index contributed by atoms with van der Waals surface area (Å²) in [5, 5.41) is 3.39.